The van der Waals surface area contributed by atoms with Crippen molar-refractivity contribution in [3.63, 3.8) is 0 Å². The fraction of sp³-hybridized carbons (Fsp3) is 0. The van der Waals surface area contributed by atoms with Gasteiger partial charge in [0.25, 0.3) is 0 Å². The van der Waals surface area contributed by atoms with Crippen LogP contribution in [-0.4, -0.2) is 18.9 Å². The molecule has 4 nitrogen and oxygen atoms in total. The number of para-hydroxylation sites is 5. The number of rotatable bonds is 1. The molecular formula is C32H20IrN4-2. The second-order valence-electron chi connectivity index (χ2n) is 8.58. The third-order valence-electron chi connectivity index (χ3n) is 6.45. The molecule has 3 heterocycles. The predicted octanol–water partition coefficient (Wildman–Crippen LogP) is 7.42. The monoisotopic (exact) mass is 653 g/mol. The van der Waals surface area contributed by atoms with Gasteiger partial charge in [0.05, 0.1) is 22.1 Å². The first-order valence-electron chi connectivity index (χ1n) is 11.9. The molecule has 5 aromatic carbocycles. The summed E-state index contributed by atoms with van der Waals surface area (Å²) in [5.41, 5.74) is 6.47. The maximum Gasteiger partial charge on any atom is 0.218 e. The normalized spacial score (nSPS) is 11.0. The Morgan fingerprint density at radius 1 is 0.595 bits per heavy atom. The summed E-state index contributed by atoms with van der Waals surface area (Å²) < 4.78 is 4.38. The quantitative estimate of drug-likeness (QED) is 0.137. The van der Waals surface area contributed by atoms with Crippen molar-refractivity contribution in [1.82, 2.24) is 18.9 Å². The number of aromatic nitrogens is 4. The van der Waals surface area contributed by atoms with Crippen molar-refractivity contribution in [2.45, 2.75) is 0 Å². The minimum Gasteiger partial charge on any atom is -0.304 e. The molecule has 0 atom stereocenters. The Balaban J connectivity index is 0.000000146. The molecular weight excluding hydrogens is 633 g/mol. The van der Waals surface area contributed by atoms with Gasteiger partial charge in [-0.25, -0.2) is 4.98 Å². The second-order valence-corrected chi connectivity index (χ2v) is 8.58. The maximum atomic E-state index is 4.83. The molecule has 0 aliphatic heterocycles. The standard InChI is InChI=1S/C19H12N3.C13H8N.Ir/c1-2-8-14(9-3-1)21-17-12-6-7-13-18(17)22-16-11-5-4-10-15(16)20-19(21)22;1-2-6-12-10(4-1)7-8-11-5-3-9-14-13(11)12;/h1-8,10-13H;1-5,7-9H;/q2*-1;. The van der Waals surface area contributed by atoms with Gasteiger partial charge in [-0.3, -0.25) is 4.40 Å². The molecule has 0 spiro atoms. The van der Waals surface area contributed by atoms with E-state index in [2.05, 4.69) is 98.9 Å². The Labute approximate surface area is 227 Å². The summed E-state index contributed by atoms with van der Waals surface area (Å²) in [6.45, 7) is 0. The van der Waals surface area contributed by atoms with Crippen LogP contribution in [0.1, 0.15) is 0 Å². The Hall–Kier alpha value is -4.31. The maximum absolute atomic E-state index is 4.83. The molecule has 1 radical (unpaired) electrons. The van der Waals surface area contributed by atoms with Gasteiger partial charge in [-0.2, -0.15) is 24.3 Å². The van der Waals surface area contributed by atoms with Crippen LogP contribution in [0.5, 0.6) is 0 Å². The predicted molar refractivity (Wildman–Crippen MR) is 146 cm³/mol. The topological polar surface area (TPSA) is 35.1 Å². The van der Waals surface area contributed by atoms with Crippen LogP contribution in [0.2, 0.25) is 0 Å². The van der Waals surface area contributed by atoms with Gasteiger partial charge in [0, 0.05) is 26.3 Å². The van der Waals surface area contributed by atoms with E-state index in [1.807, 2.05) is 48.7 Å². The summed E-state index contributed by atoms with van der Waals surface area (Å²) in [4.78, 5) is 9.21. The average molecular weight is 653 g/mol. The molecule has 179 valence electrons. The Morgan fingerprint density at radius 3 is 2.19 bits per heavy atom. The molecule has 0 bridgehead atoms. The summed E-state index contributed by atoms with van der Waals surface area (Å²) >= 11 is 0. The molecule has 0 unspecified atom stereocenters. The molecule has 37 heavy (non-hydrogen) atoms. The van der Waals surface area contributed by atoms with Crippen LogP contribution in [0.15, 0.2) is 121 Å². The molecule has 3 aromatic heterocycles. The Morgan fingerprint density at radius 2 is 1.32 bits per heavy atom. The number of fused-ring (bicyclic) bond motifs is 8. The number of nitrogens with zero attached hydrogens (tertiary/aromatic N) is 4. The second kappa shape index (κ2) is 9.62. The van der Waals surface area contributed by atoms with Gasteiger partial charge in [0.1, 0.15) is 0 Å². The molecule has 0 saturated heterocycles. The van der Waals surface area contributed by atoms with Crippen molar-refractivity contribution < 1.29 is 20.1 Å². The third kappa shape index (κ3) is 3.89. The van der Waals surface area contributed by atoms with Crippen LogP contribution in [0.25, 0.3) is 55.2 Å². The van der Waals surface area contributed by atoms with Crippen molar-refractivity contribution in [3.8, 4) is 5.69 Å². The third-order valence-corrected chi connectivity index (χ3v) is 6.45. The number of imidazole rings is 2. The fourth-order valence-electron chi connectivity index (χ4n) is 4.85. The van der Waals surface area contributed by atoms with E-state index >= 15 is 0 Å². The van der Waals surface area contributed by atoms with Gasteiger partial charge in [-0.1, -0.05) is 48.2 Å². The van der Waals surface area contributed by atoms with Gasteiger partial charge in [-0.05, 0) is 41.2 Å². The van der Waals surface area contributed by atoms with Gasteiger partial charge >= 0.3 is 0 Å². The van der Waals surface area contributed by atoms with E-state index in [9.17, 15) is 0 Å². The first kappa shape index (κ1) is 23.1. The van der Waals surface area contributed by atoms with Crippen molar-refractivity contribution in [3.05, 3.63) is 134 Å². The average Bonchev–Trinajstić information content (AvgIpc) is 3.48. The molecule has 0 fully saturated rings. The molecule has 8 rings (SSSR count). The van der Waals surface area contributed by atoms with Crippen LogP contribution >= 0.6 is 0 Å². The van der Waals surface area contributed by atoms with Gasteiger partial charge in [-0.15, -0.1) is 41.1 Å². The Kier molecular flexibility index (Phi) is 6.01. The summed E-state index contributed by atoms with van der Waals surface area (Å²) in [5.74, 6) is 0.921. The number of pyridine rings is 1. The number of hydrogen-bond acceptors (Lipinski definition) is 2. The smallest absolute Gasteiger partial charge is 0.218 e. The zero-order valence-electron chi connectivity index (χ0n) is 19.7. The molecule has 0 N–H and O–H groups in total. The Bertz CT molecular complexity index is 1950. The number of benzene rings is 5. The summed E-state index contributed by atoms with van der Waals surface area (Å²) in [7, 11) is 0. The molecule has 5 heteroatoms. The molecule has 0 aliphatic carbocycles. The van der Waals surface area contributed by atoms with Crippen LogP contribution in [0.4, 0.5) is 0 Å². The van der Waals surface area contributed by atoms with Crippen molar-refractivity contribution in [2.24, 2.45) is 0 Å². The number of hydrogen-bond donors (Lipinski definition) is 0. The van der Waals surface area contributed by atoms with Crippen molar-refractivity contribution >= 4 is 49.5 Å². The first-order chi connectivity index (χ1) is 17.9. The van der Waals surface area contributed by atoms with E-state index in [4.69, 9.17) is 4.98 Å². The van der Waals surface area contributed by atoms with Gasteiger partial charge in [0.2, 0.25) is 5.78 Å². The zero-order chi connectivity index (χ0) is 23.9. The van der Waals surface area contributed by atoms with Crippen molar-refractivity contribution in [1.29, 1.82) is 0 Å². The first-order valence-corrected chi connectivity index (χ1v) is 11.9. The van der Waals surface area contributed by atoms with E-state index in [-0.39, 0.29) is 20.1 Å². The minimum absolute atomic E-state index is 0. The SMILES string of the molecule is [Ir].[c-]1cccc2ccc3cccnc3c12.[c-]1ccccc1-n1c2ccccc2n2c3ccccc3nc12. The zero-order valence-corrected chi connectivity index (χ0v) is 22.1. The molecule has 0 saturated carbocycles. The van der Waals surface area contributed by atoms with E-state index < -0.39 is 0 Å². The van der Waals surface area contributed by atoms with Gasteiger partial charge in [0.15, 0.2) is 0 Å². The summed E-state index contributed by atoms with van der Waals surface area (Å²) in [5, 5.41) is 3.46. The van der Waals surface area contributed by atoms with Gasteiger partial charge < -0.3 is 9.55 Å². The minimum atomic E-state index is 0. The van der Waals surface area contributed by atoms with Crippen molar-refractivity contribution in [2.75, 3.05) is 0 Å². The van der Waals surface area contributed by atoms with Crippen LogP contribution in [-0.2, 0) is 20.1 Å². The molecule has 0 amide bonds. The van der Waals surface area contributed by atoms with E-state index in [1.54, 1.807) is 0 Å². The van der Waals surface area contributed by atoms with E-state index in [0.29, 0.717) is 0 Å². The van der Waals surface area contributed by atoms with Crippen LogP contribution < -0.4 is 0 Å². The van der Waals surface area contributed by atoms with Crippen LogP contribution in [0, 0.1) is 12.1 Å². The van der Waals surface area contributed by atoms with E-state index in [0.717, 1.165) is 44.4 Å². The largest absolute Gasteiger partial charge is 0.304 e. The fourth-order valence-corrected chi connectivity index (χ4v) is 4.85. The van der Waals surface area contributed by atoms with Crippen LogP contribution in [0.3, 0.4) is 0 Å². The summed E-state index contributed by atoms with van der Waals surface area (Å²) in [6, 6.07) is 45.4. The summed E-state index contributed by atoms with van der Waals surface area (Å²) in [6.07, 6.45) is 1.82. The molecule has 8 aromatic rings. The van der Waals surface area contributed by atoms with E-state index in [1.165, 1.54) is 10.8 Å². The molecule has 0 aliphatic rings.